The molecule has 146 valence electrons. The number of aromatic amines is 2. The minimum absolute atomic E-state index is 0.0745. The van der Waals surface area contributed by atoms with E-state index in [1.165, 1.54) is 0 Å². The normalized spacial score (nSPS) is 12.0. The summed E-state index contributed by atoms with van der Waals surface area (Å²) in [4.78, 5) is 24.2. The first kappa shape index (κ1) is 18.9. The monoisotopic (exact) mass is 405 g/mol. The maximum atomic E-state index is 12.6. The maximum Gasteiger partial charge on any atom is 0.261 e. The van der Waals surface area contributed by atoms with E-state index in [0.717, 1.165) is 10.4 Å². The second kappa shape index (κ2) is 7.91. The molecule has 0 bridgehead atoms. The van der Waals surface area contributed by atoms with Crippen LogP contribution in [0.2, 0.25) is 0 Å². The molecule has 1 atom stereocenters. The van der Waals surface area contributed by atoms with Gasteiger partial charge in [0.15, 0.2) is 0 Å². The number of nitrogens with one attached hydrogen (secondary N) is 3. The third-order valence-electron chi connectivity index (χ3n) is 4.71. The quantitative estimate of drug-likeness (QED) is 0.393. The van der Waals surface area contributed by atoms with Crippen LogP contribution in [0.25, 0.3) is 22.4 Å². The summed E-state index contributed by atoms with van der Waals surface area (Å²) >= 11 is 1.63. The molecular formula is C21H19N5O2S. The predicted molar refractivity (Wildman–Crippen MR) is 114 cm³/mol. The molecule has 1 aromatic carbocycles. The highest BCUT2D eigenvalue weighted by molar-refractivity contribution is 7.09. The van der Waals surface area contributed by atoms with E-state index in [0.29, 0.717) is 40.1 Å². The van der Waals surface area contributed by atoms with E-state index in [1.807, 2.05) is 24.4 Å². The molecule has 3 aromatic heterocycles. The van der Waals surface area contributed by atoms with E-state index in [9.17, 15) is 15.2 Å². The van der Waals surface area contributed by atoms with Gasteiger partial charge in [0.1, 0.15) is 11.4 Å². The van der Waals surface area contributed by atoms with Gasteiger partial charge >= 0.3 is 0 Å². The number of aliphatic hydroxyl groups is 1. The van der Waals surface area contributed by atoms with Gasteiger partial charge in [0, 0.05) is 17.5 Å². The zero-order valence-corrected chi connectivity index (χ0v) is 16.5. The molecule has 29 heavy (non-hydrogen) atoms. The van der Waals surface area contributed by atoms with Crippen molar-refractivity contribution < 1.29 is 5.11 Å². The SMILES string of the molecule is Cc1cc(C#N)cc2[nH]c(-c3c(N[C@H](CO)Cc4cccs4)cc[nH]c3=O)nc12. The van der Waals surface area contributed by atoms with Crippen LogP contribution in [-0.2, 0) is 6.42 Å². The number of H-pyrrole nitrogens is 2. The van der Waals surface area contributed by atoms with Crippen molar-refractivity contribution in [2.45, 2.75) is 19.4 Å². The van der Waals surface area contributed by atoms with Crippen molar-refractivity contribution in [3.05, 3.63) is 68.3 Å². The molecule has 0 radical (unpaired) electrons. The largest absolute Gasteiger partial charge is 0.394 e. The minimum atomic E-state index is -0.292. The van der Waals surface area contributed by atoms with Gasteiger partial charge in [0.25, 0.3) is 5.56 Å². The lowest BCUT2D eigenvalue weighted by Crippen LogP contribution is -2.27. The molecule has 0 aliphatic heterocycles. The van der Waals surface area contributed by atoms with Gasteiger partial charge in [0.2, 0.25) is 0 Å². The first-order valence-corrected chi connectivity index (χ1v) is 9.99. The highest BCUT2D eigenvalue weighted by Gasteiger charge is 2.18. The Kier molecular flexibility index (Phi) is 5.16. The number of nitriles is 1. The fourth-order valence-corrected chi connectivity index (χ4v) is 4.15. The molecule has 0 saturated carbocycles. The Morgan fingerprint density at radius 1 is 1.38 bits per heavy atom. The number of benzene rings is 1. The second-order valence-corrected chi connectivity index (χ2v) is 7.82. The van der Waals surface area contributed by atoms with E-state index in [1.54, 1.807) is 35.7 Å². The lowest BCUT2D eigenvalue weighted by atomic mass is 10.1. The average Bonchev–Trinajstić information content (AvgIpc) is 3.37. The van der Waals surface area contributed by atoms with Crippen molar-refractivity contribution in [1.82, 2.24) is 15.0 Å². The van der Waals surface area contributed by atoms with E-state index in [2.05, 4.69) is 26.3 Å². The molecule has 0 unspecified atom stereocenters. The number of anilines is 1. The van der Waals surface area contributed by atoms with Crippen LogP contribution in [-0.4, -0.2) is 32.7 Å². The van der Waals surface area contributed by atoms with Gasteiger partial charge in [0.05, 0.1) is 41.0 Å². The Bertz CT molecular complexity index is 1250. The van der Waals surface area contributed by atoms with E-state index in [4.69, 9.17) is 0 Å². The Morgan fingerprint density at radius 2 is 2.24 bits per heavy atom. The Hall–Kier alpha value is -3.41. The molecule has 0 fully saturated rings. The summed E-state index contributed by atoms with van der Waals surface area (Å²) in [5, 5.41) is 24.3. The number of pyridine rings is 1. The number of nitrogens with zero attached hydrogens (tertiary/aromatic N) is 2. The number of aliphatic hydroxyl groups excluding tert-OH is 1. The summed E-state index contributed by atoms with van der Waals surface area (Å²) in [7, 11) is 0. The van der Waals surface area contributed by atoms with Gasteiger partial charge in [-0.3, -0.25) is 4.79 Å². The standard InChI is InChI=1S/C21H19N5O2S/c1-12-7-13(10-22)8-17-19(12)26-20(25-17)18-16(4-5-23-21(18)28)24-14(11-27)9-15-3-2-6-29-15/h2-8,14,27H,9,11H2,1H3,(H,25,26)(H2,23,24,28)/t14-/m0/s1. The van der Waals surface area contributed by atoms with Crippen molar-refractivity contribution in [3.8, 4) is 17.5 Å². The van der Waals surface area contributed by atoms with Crippen molar-refractivity contribution in [2.75, 3.05) is 11.9 Å². The topological polar surface area (TPSA) is 118 Å². The maximum absolute atomic E-state index is 12.6. The number of hydrogen-bond acceptors (Lipinski definition) is 6. The van der Waals surface area contributed by atoms with E-state index >= 15 is 0 Å². The average molecular weight is 405 g/mol. The fourth-order valence-electron chi connectivity index (χ4n) is 3.36. The summed E-state index contributed by atoms with van der Waals surface area (Å²) in [6.07, 6.45) is 2.21. The summed E-state index contributed by atoms with van der Waals surface area (Å²) in [6.45, 7) is 1.81. The Morgan fingerprint density at radius 3 is 2.97 bits per heavy atom. The van der Waals surface area contributed by atoms with Crippen LogP contribution < -0.4 is 10.9 Å². The zero-order valence-electron chi connectivity index (χ0n) is 15.7. The number of rotatable bonds is 6. The van der Waals surface area contributed by atoms with Crippen LogP contribution in [0.15, 0.2) is 46.7 Å². The van der Waals surface area contributed by atoms with Crippen molar-refractivity contribution >= 4 is 28.1 Å². The smallest absolute Gasteiger partial charge is 0.261 e. The van der Waals surface area contributed by atoms with Crippen LogP contribution >= 0.6 is 11.3 Å². The number of fused-ring (bicyclic) bond motifs is 1. The molecule has 0 aliphatic rings. The molecule has 0 aliphatic carbocycles. The molecule has 8 heteroatoms. The van der Waals surface area contributed by atoms with Gasteiger partial charge in [-0.15, -0.1) is 11.3 Å². The molecule has 7 nitrogen and oxygen atoms in total. The number of thiophene rings is 1. The molecular weight excluding hydrogens is 386 g/mol. The minimum Gasteiger partial charge on any atom is -0.394 e. The lowest BCUT2D eigenvalue weighted by Gasteiger charge is -2.18. The summed E-state index contributed by atoms with van der Waals surface area (Å²) in [6, 6.07) is 11.1. The Balaban J connectivity index is 1.75. The first-order valence-electron chi connectivity index (χ1n) is 9.11. The van der Waals surface area contributed by atoms with Crippen molar-refractivity contribution in [1.29, 1.82) is 5.26 Å². The van der Waals surface area contributed by atoms with Crippen LogP contribution in [0.5, 0.6) is 0 Å². The fraction of sp³-hybridized carbons (Fsp3) is 0.190. The summed E-state index contributed by atoms with van der Waals surface area (Å²) < 4.78 is 0. The van der Waals surface area contributed by atoms with Gasteiger partial charge in [-0.1, -0.05) is 6.07 Å². The van der Waals surface area contributed by atoms with Gasteiger partial charge in [-0.2, -0.15) is 5.26 Å². The molecule has 4 aromatic rings. The number of imidazole rings is 1. The van der Waals surface area contributed by atoms with Crippen molar-refractivity contribution in [3.63, 3.8) is 0 Å². The van der Waals surface area contributed by atoms with Gasteiger partial charge < -0.3 is 20.4 Å². The predicted octanol–water partition coefficient (Wildman–Crippen LogP) is 3.18. The highest BCUT2D eigenvalue weighted by Crippen LogP contribution is 2.27. The molecule has 0 spiro atoms. The van der Waals surface area contributed by atoms with Gasteiger partial charge in [-0.05, 0) is 42.1 Å². The molecule has 4 rings (SSSR count). The molecule has 4 N–H and O–H groups in total. The summed E-state index contributed by atoms with van der Waals surface area (Å²) in [5.41, 5.74) is 3.46. The Labute approximate surface area is 170 Å². The van der Waals surface area contributed by atoms with Crippen molar-refractivity contribution in [2.24, 2.45) is 0 Å². The zero-order chi connectivity index (χ0) is 20.4. The third kappa shape index (κ3) is 3.78. The summed E-state index contributed by atoms with van der Waals surface area (Å²) in [5.74, 6) is 0.412. The lowest BCUT2D eigenvalue weighted by molar-refractivity contribution is 0.274. The number of hydrogen-bond donors (Lipinski definition) is 4. The van der Waals surface area contributed by atoms with E-state index < -0.39 is 0 Å². The molecule has 3 heterocycles. The van der Waals surface area contributed by atoms with Crippen LogP contribution in [0.4, 0.5) is 5.69 Å². The third-order valence-corrected chi connectivity index (χ3v) is 5.61. The number of aryl methyl sites for hydroxylation is 1. The van der Waals surface area contributed by atoms with Gasteiger partial charge in [-0.25, -0.2) is 4.98 Å². The van der Waals surface area contributed by atoms with E-state index in [-0.39, 0.29) is 18.2 Å². The first-order chi connectivity index (χ1) is 14.1. The number of aromatic nitrogens is 3. The van der Waals surface area contributed by atoms with Crippen LogP contribution in [0.3, 0.4) is 0 Å². The highest BCUT2D eigenvalue weighted by atomic mass is 32.1. The van der Waals surface area contributed by atoms with Crippen LogP contribution in [0.1, 0.15) is 16.0 Å². The molecule has 0 amide bonds. The molecule has 0 saturated heterocycles. The second-order valence-electron chi connectivity index (χ2n) is 6.79. The van der Waals surface area contributed by atoms with Crippen LogP contribution in [0, 0.1) is 18.3 Å².